The van der Waals surface area contributed by atoms with Gasteiger partial charge in [-0.25, -0.2) is 9.97 Å². The number of nitrogens with one attached hydrogen (secondary N) is 2. The topological polar surface area (TPSA) is 123 Å². The lowest BCUT2D eigenvalue weighted by molar-refractivity contribution is -0.0601. The monoisotopic (exact) mass is 499 g/mol. The molecule has 5 N–H and O–H groups in total. The van der Waals surface area contributed by atoms with Gasteiger partial charge >= 0.3 is 0 Å². The molecule has 5 rings (SSSR count). The minimum Gasteiger partial charge on any atom is -0.390 e. The number of aryl methyl sites for hydroxylation is 2. The Labute approximate surface area is 216 Å². The van der Waals surface area contributed by atoms with E-state index in [0.717, 1.165) is 44.9 Å². The third-order valence-electron chi connectivity index (χ3n) is 7.06. The maximum atomic E-state index is 10.8. The smallest absolute Gasteiger partial charge is 0.132 e. The van der Waals surface area contributed by atoms with E-state index in [1.54, 1.807) is 20.0 Å². The van der Waals surface area contributed by atoms with Crippen LogP contribution in [0.1, 0.15) is 31.7 Å². The van der Waals surface area contributed by atoms with Gasteiger partial charge in [-0.2, -0.15) is 0 Å². The van der Waals surface area contributed by atoms with Crippen molar-refractivity contribution in [3.63, 3.8) is 0 Å². The van der Waals surface area contributed by atoms with Crippen molar-refractivity contribution in [1.82, 2.24) is 15.0 Å². The average molecular weight is 500 g/mol. The number of para-hydroxylation sites is 1. The van der Waals surface area contributed by atoms with Crippen LogP contribution in [0, 0.1) is 19.8 Å². The molecule has 0 radical (unpaired) electrons. The summed E-state index contributed by atoms with van der Waals surface area (Å²) in [4.78, 5) is 13.9. The lowest BCUT2D eigenvalue weighted by atomic mass is 9.88. The molecule has 4 atom stereocenters. The molecule has 3 aromatic heterocycles. The maximum absolute atomic E-state index is 10.8. The number of fused-ring (bicyclic) bond motifs is 1. The first-order chi connectivity index (χ1) is 17.6. The maximum Gasteiger partial charge on any atom is 0.132 e. The average Bonchev–Trinajstić information content (AvgIpc) is 3.12. The molecule has 3 heterocycles. The highest BCUT2D eigenvalue weighted by Crippen LogP contribution is 2.38. The molecule has 4 aromatic rings. The molecular weight excluding hydrogens is 466 g/mol. The second-order valence-corrected chi connectivity index (χ2v) is 10.5. The minimum absolute atomic E-state index is 0.407. The summed E-state index contributed by atoms with van der Waals surface area (Å²) >= 11 is 0. The number of nitrogens with zero attached hydrogens (tertiary/aromatic N) is 3. The molecule has 1 aromatic carbocycles. The summed E-state index contributed by atoms with van der Waals surface area (Å²) in [6.45, 7) is 7.21. The molecule has 8 nitrogen and oxygen atoms in total. The fraction of sp³-hybridized carbons (Fsp3) is 0.345. The number of hydrogen-bond acceptors (Lipinski definition) is 8. The molecule has 37 heavy (non-hydrogen) atoms. The van der Waals surface area contributed by atoms with Crippen molar-refractivity contribution in [3.8, 4) is 11.3 Å². The predicted octanol–water partition coefficient (Wildman–Crippen LogP) is 4.35. The van der Waals surface area contributed by atoms with Crippen molar-refractivity contribution in [2.75, 3.05) is 10.6 Å². The Hall–Kier alpha value is -3.59. The summed E-state index contributed by atoms with van der Waals surface area (Å²) in [7, 11) is 0. The predicted molar refractivity (Wildman–Crippen MR) is 146 cm³/mol. The minimum atomic E-state index is -1.12. The van der Waals surface area contributed by atoms with E-state index in [9.17, 15) is 15.3 Å². The highest BCUT2D eigenvalue weighted by molar-refractivity contribution is 5.85. The number of pyridine rings is 3. The van der Waals surface area contributed by atoms with Crippen molar-refractivity contribution >= 4 is 28.1 Å². The Morgan fingerprint density at radius 3 is 2.35 bits per heavy atom. The first kappa shape index (κ1) is 25.1. The Kier molecular flexibility index (Phi) is 6.58. The van der Waals surface area contributed by atoms with E-state index in [2.05, 4.69) is 20.6 Å². The third kappa shape index (κ3) is 5.27. The lowest BCUT2D eigenvalue weighted by Gasteiger charge is -2.28. The molecule has 0 spiro atoms. The van der Waals surface area contributed by atoms with Crippen LogP contribution in [0.3, 0.4) is 0 Å². The molecule has 0 saturated heterocycles. The Bertz CT molecular complexity index is 1410. The standard InChI is InChI=1S/C29H33N5O3/c1-16-11-19(12-17(2)31-16)32-26-14-24(34-25-13-21(29(3,4)37)27(35)28(25)36)20(15-30-26)23-10-9-18-7-5-6-8-22(18)33-23/h5-12,14-15,21,25,27-28,35-37H,13H2,1-4H3,(H2,30,31,32,34)/t21-,25+,27+,28-/m1/s1. The van der Waals surface area contributed by atoms with Gasteiger partial charge in [0, 0.05) is 51.9 Å². The van der Waals surface area contributed by atoms with Gasteiger partial charge < -0.3 is 26.0 Å². The Morgan fingerprint density at radius 1 is 0.919 bits per heavy atom. The van der Waals surface area contributed by atoms with Crippen LogP contribution in [0.5, 0.6) is 0 Å². The van der Waals surface area contributed by atoms with Crippen molar-refractivity contribution < 1.29 is 15.3 Å². The van der Waals surface area contributed by atoms with E-state index in [1.807, 2.05) is 68.4 Å². The number of benzene rings is 1. The largest absolute Gasteiger partial charge is 0.390 e. The van der Waals surface area contributed by atoms with Crippen LogP contribution in [0.15, 0.2) is 60.8 Å². The highest BCUT2D eigenvalue weighted by Gasteiger charge is 2.47. The molecule has 0 aliphatic heterocycles. The quantitative estimate of drug-likeness (QED) is 0.265. The SMILES string of the molecule is Cc1cc(Nc2cc(N[C@H]3C[C@@H](C(C)(C)O)[C@H](O)[C@@H]3O)c(-c3ccc4ccccc4n3)cn2)cc(C)n1. The van der Waals surface area contributed by atoms with Crippen LogP contribution in [0.25, 0.3) is 22.2 Å². The molecule has 1 aliphatic carbocycles. The molecular formula is C29H33N5O3. The lowest BCUT2D eigenvalue weighted by Crippen LogP contribution is -2.40. The zero-order valence-corrected chi connectivity index (χ0v) is 21.5. The molecule has 0 unspecified atom stereocenters. The zero-order chi connectivity index (χ0) is 26.3. The first-order valence-corrected chi connectivity index (χ1v) is 12.5. The van der Waals surface area contributed by atoms with E-state index < -0.39 is 29.8 Å². The van der Waals surface area contributed by atoms with E-state index in [4.69, 9.17) is 4.98 Å². The number of hydrogen-bond donors (Lipinski definition) is 5. The fourth-order valence-electron chi connectivity index (χ4n) is 5.20. The second kappa shape index (κ2) is 9.70. The molecule has 8 heteroatoms. The second-order valence-electron chi connectivity index (χ2n) is 10.5. The normalized spacial score (nSPS) is 21.8. The number of aliphatic hydroxyl groups is 3. The van der Waals surface area contributed by atoms with Crippen LogP contribution in [-0.4, -0.2) is 54.1 Å². The zero-order valence-electron chi connectivity index (χ0n) is 21.5. The van der Waals surface area contributed by atoms with Crippen molar-refractivity contribution in [1.29, 1.82) is 0 Å². The van der Waals surface area contributed by atoms with Crippen LogP contribution < -0.4 is 10.6 Å². The van der Waals surface area contributed by atoms with Gasteiger partial charge in [-0.3, -0.25) is 4.98 Å². The van der Waals surface area contributed by atoms with Gasteiger partial charge in [0.05, 0.1) is 29.0 Å². The summed E-state index contributed by atoms with van der Waals surface area (Å²) in [6.07, 6.45) is 0.0869. The van der Waals surface area contributed by atoms with Crippen LogP contribution >= 0.6 is 0 Å². The van der Waals surface area contributed by atoms with Gasteiger partial charge in [-0.05, 0) is 58.4 Å². The summed E-state index contributed by atoms with van der Waals surface area (Å²) in [5.74, 6) is 0.147. The third-order valence-corrected chi connectivity index (χ3v) is 7.06. The van der Waals surface area contributed by atoms with Gasteiger partial charge in [0.1, 0.15) is 11.9 Å². The Balaban J connectivity index is 1.53. The van der Waals surface area contributed by atoms with Crippen LogP contribution in [0.2, 0.25) is 0 Å². The van der Waals surface area contributed by atoms with E-state index in [-0.39, 0.29) is 0 Å². The van der Waals surface area contributed by atoms with Gasteiger partial charge in [0.2, 0.25) is 0 Å². The van der Waals surface area contributed by atoms with Gasteiger partial charge in [-0.1, -0.05) is 24.3 Å². The molecule has 0 amide bonds. The summed E-state index contributed by atoms with van der Waals surface area (Å²) in [5, 5.41) is 39.9. The molecule has 192 valence electrons. The van der Waals surface area contributed by atoms with Gasteiger partial charge in [-0.15, -0.1) is 0 Å². The number of anilines is 3. The molecule has 1 fully saturated rings. The van der Waals surface area contributed by atoms with Gasteiger partial charge in [0.25, 0.3) is 0 Å². The van der Waals surface area contributed by atoms with Crippen LogP contribution in [-0.2, 0) is 0 Å². The van der Waals surface area contributed by atoms with Crippen molar-refractivity contribution in [3.05, 3.63) is 72.2 Å². The number of aliphatic hydroxyl groups excluding tert-OH is 2. The highest BCUT2D eigenvalue weighted by atomic mass is 16.3. The van der Waals surface area contributed by atoms with E-state index in [1.165, 1.54) is 0 Å². The van der Waals surface area contributed by atoms with Gasteiger partial charge in [0.15, 0.2) is 0 Å². The van der Waals surface area contributed by atoms with E-state index in [0.29, 0.717) is 12.2 Å². The number of aromatic nitrogens is 3. The molecule has 0 bridgehead atoms. The van der Waals surface area contributed by atoms with E-state index >= 15 is 0 Å². The number of rotatable bonds is 6. The summed E-state index contributed by atoms with van der Waals surface area (Å²) < 4.78 is 0. The first-order valence-electron chi connectivity index (χ1n) is 12.5. The van der Waals surface area contributed by atoms with Crippen molar-refractivity contribution in [2.24, 2.45) is 5.92 Å². The van der Waals surface area contributed by atoms with Crippen LogP contribution in [0.4, 0.5) is 17.2 Å². The van der Waals surface area contributed by atoms with Crippen molar-refractivity contribution in [2.45, 2.75) is 58.0 Å². The Morgan fingerprint density at radius 2 is 1.65 bits per heavy atom. The molecule has 1 saturated carbocycles. The fourth-order valence-corrected chi connectivity index (χ4v) is 5.20. The summed E-state index contributed by atoms with van der Waals surface area (Å²) in [5.41, 5.74) is 4.65. The molecule has 1 aliphatic rings. The summed E-state index contributed by atoms with van der Waals surface area (Å²) in [6, 6.07) is 17.2.